The normalized spacial score (nSPS) is 8.67. The summed E-state index contributed by atoms with van der Waals surface area (Å²) in [6, 6.07) is 0. The highest BCUT2D eigenvalue weighted by atomic mass is 16.2. The van der Waals surface area contributed by atoms with E-state index in [2.05, 4.69) is 19.7 Å². The largest absolute Gasteiger partial charge is 0.330 e. The predicted molar refractivity (Wildman–Crippen MR) is 51.2 cm³/mol. The van der Waals surface area contributed by atoms with Gasteiger partial charge in [0, 0.05) is 13.0 Å². The average molecular weight is 164 g/mol. The van der Waals surface area contributed by atoms with Crippen LogP contribution in [0.4, 0.5) is 0 Å². The zero-order valence-corrected chi connectivity index (χ0v) is 7.20. The molecule has 65 valence electrons. The monoisotopic (exact) mass is 164 g/mol. The van der Waals surface area contributed by atoms with Crippen LogP contribution in [-0.2, 0) is 4.79 Å². The highest BCUT2D eigenvalue weighted by Gasteiger charge is 2.07. The van der Waals surface area contributed by atoms with Crippen molar-refractivity contribution in [3.63, 3.8) is 0 Å². The van der Waals surface area contributed by atoms with E-state index in [1.165, 1.54) is 0 Å². The summed E-state index contributed by atoms with van der Waals surface area (Å²) in [6.07, 6.45) is 5.17. The lowest BCUT2D eigenvalue weighted by molar-refractivity contribution is -0.127. The van der Waals surface area contributed by atoms with Crippen LogP contribution in [0.1, 0.15) is 6.42 Å². The summed E-state index contributed by atoms with van der Waals surface area (Å²) in [4.78, 5) is 12.8. The molecule has 0 fully saturated rings. The molecule has 0 bridgehead atoms. The number of nitrogens with zero attached hydrogens (tertiary/aromatic N) is 1. The molecule has 0 heterocycles. The van der Waals surface area contributed by atoms with Crippen LogP contribution >= 0.6 is 0 Å². The van der Waals surface area contributed by atoms with Gasteiger partial charge < -0.3 is 4.90 Å². The van der Waals surface area contributed by atoms with Crippen molar-refractivity contribution in [2.45, 2.75) is 6.42 Å². The molecule has 0 aromatic carbocycles. The Kier molecular flexibility index (Phi) is 5.70. The second-order valence-electron chi connectivity index (χ2n) is 2.21. The van der Waals surface area contributed by atoms with Crippen molar-refractivity contribution in [3.8, 4) is 0 Å². The summed E-state index contributed by atoms with van der Waals surface area (Å²) in [5.41, 5.74) is 0. The lowest BCUT2D eigenvalue weighted by Crippen LogP contribution is -2.27. The van der Waals surface area contributed by atoms with Crippen LogP contribution in [0, 0.1) is 6.54 Å². The first-order valence-electron chi connectivity index (χ1n) is 3.73. The third-order valence-electron chi connectivity index (χ3n) is 1.25. The molecule has 0 spiro atoms. The zero-order chi connectivity index (χ0) is 9.40. The van der Waals surface area contributed by atoms with Crippen molar-refractivity contribution >= 4 is 5.91 Å². The molecule has 0 aliphatic carbocycles. The second kappa shape index (κ2) is 6.40. The van der Waals surface area contributed by atoms with Crippen molar-refractivity contribution in [1.82, 2.24) is 4.90 Å². The molecule has 2 nitrogen and oxygen atoms in total. The van der Waals surface area contributed by atoms with Crippen LogP contribution in [0.5, 0.6) is 0 Å². The van der Waals surface area contributed by atoms with Gasteiger partial charge in [-0.05, 0) is 0 Å². The molecule has 0 aromatic heterocycles. The Morgan fingerprint density at radius 2 is 1.92 bits per heavy atom. The van der Waals surface area contributed by atoms with Crippen molar-refractivity contribution in [3.05, 3.63) is 44.5 Å². The van der Waals surface area contributed by atoms with E-state index in [-0.39, 0.29) is 5.91 Å². The molecular formula is C10H14NO. The van der Waals surface area contributed by atoms with Crippen molar-refractivity contribution in [1.29, 1.82) is 0 Å². The molecule has 0 rings (SSSR count). The third kappa shape index (κ3) is 3.76. The van der Waals surface area contributed by atoms with Gasteiger partial charge >= 0.3 is 0 Å². The van der Waals surface area contributed by atoms with Crippen LogP contribution in [-0.4, -0.2) is 17.4 Å². The number of rotatable bonds is 6. The molecule has 0 aliphatic heterocycles. The maximum Gasteiger partial charge on any atom is 0.227 e. The molecule has 0 aliphatic rings. The second-order valence-corrected chi connectivity index (χ2v) is 2.21. The topological polar surface area (TPSA) is 20.3 Å². The van der Waals surface area contributed by atoms with E-state index in [0.29, 0.717) is 13.0 Å². The van der Waals surface area contributed by atoms with Crippen molar-refractivity contribution < 1.29 is 4.79 Å². The number of carbonyl (C=O) groups is 1. The molecule has 0 saturated carbocycles. The standard InChI is InChI=1S/C10H14NO/c1-4-7-10(12)11(8-5-2)9-6-3/h4-6,8H,1-3,7,9H2. The maximum absolute atomic E-state index is 11.3. The fraction of sp³-hybridized carbons (Fsp3) is 0.200. The van der Waals surface area contributed by atoms with Crippen LogP contribution < -0.4 is 0 Å². The predicted octanol–water partition coefficient (Wildman–Crippen LogP) is 1.92. The minimum atomic E-state index is 0.00444. The number of hydrogen-bond acceptors (Lipinski definition) is 1. The number of amides is 1. The molecular weight excluding hydrogens is 150 g/mol. The Bertz CT molecular complexity index is 174. The van der Waals surface area contributed by atoms with Gasteiger partial charge in [-0.15, -0.1) is 19.7 Å². The van der Waals surface area contributed by atoms with E-state index in [4.69, 9.17) is 0 Å². The van der Waals surface area contributed by atoms with Gasteiger partial charge in [-0.1, -0.05) is 18.2 Å². The SMILES string of the molecule is C=C[CH]N(CC=C)C(=O)CC=C. The van der Waals surface area contributed by atoms with E-state index in [0.717, 1.165) is 0 Å². The molecule has 0 N–H and O–H groups in total. The van der Waals surface area contributed by atoms with Gasteiger partial charge in [-0.3, -0.25) is 4.79 Å². The lowest BCUT2D eigenvalue weighted by Gasteiger charge is -2.17. The maximum atomic E-state index is 11.3. The Morgan fingerprint density at radius 3 is 2.33 bits per heavy atom. The molecule has 1 radical (unpaired) electrons. The first kappa shape index (κ1) is 10.7. The van der Waals surface area contributed by atoms with E-state index in [1.807, 2.05) is 0 Å². The van der Waals surface area contributed by atoms with Gasteiger partial charge in [0.1, 0.15) is 0 Å². The van der Waals surface area contributed by atoms with Gasteiger partial charge in [-0.25, -0.2) is 0 Å². The van der Waals surface area contributed by atoms with Crippen LogP contribution in [0.3, 0.4) is 0 Å². The van der Waals surface area contributed by atoms with Crippen LogP contribution in [0.2, 0.25) is 0 Å². The van der Waals surface area contributed by atoms with Crippen molar-refractivity contribution in [2.75, 3.05) is 6.54 Å². The number of hydrogen-bond donors (Lipinski definition) is 0. The lowest BCUT2D eigenvalue weighted by atomic mass is 10.3. The quantitative estimate of drug-likeness (QED) is 0.549. The Balaban J connectivity index is 4.06. The summed E-state index contributed by atoms with van der Waals surface area (Å²) in [5, 5.41) is 0. The molecule has 0 saturated heterocycles. The van der Waals surface area contributed by atoms with Crippen LogP contribution in [0.25, 0.3) is 0 Å². The molecule has 2 heteroatoms. The minimum Gasteiger partial charge on any atom is -0.330 e. The highest BCUT2D eigenvalue weighted by molar-refractivity contribution is 5.78. The Morgan fingerprint density at radius 1 is 1.25 bits per heavy atom. The van der Waals surface area contributed by atoms with Gasteiger partial charge in [0.2, 0.25) is 5.91 Å². The fourth-order valence-electron chi connectivity index (χ4n) is 0.753. The van der Waals surface area contributed by atoms with Gasteiger partial charge in [0.25, 0.3) is 0 Å². The summed E-state index contributed by atoms with van der Waals surface area (Å²) >= 11 is 0. The average Bonchev–Trinajstić information content (AvgIpc) is 2.04. The Hall–Kier alpha value is -1.31. The summed E-state index contributed by atoms with van der Waals surface area (Å²) in [5.74, 6) is 0.00444. The molecule has 0 aromatic rings. The number of carbonyl (C=O) groups excluding carboxylic acids is 1. The summed E-state index contributed by atoms with van der Waals surface area (Å²) in [7, 11) is 0. The summed E-state index contributed by atoms with van der Waals surface area (Å²) < 4.78 is 0. The van der Waals surface area contributed by atoms with Gasteiger partial charge in [0.05, 0.1) is 6.54 Å². The molecule has 0 unspecified atom stereocenters. The van der Waals surface area contributed by atoms with Crippen molar-refractivity contribution in [2.24, 2.45) is 0 Å². The van der Waals surface area contributed by atoms with E-state index in [1.54, 1.807) is 29.7 Å². The first-order valence-corrected chi connectivity index (χ1v) is 3.73. The van der Waals surface area contributed by atoms with E-state index in [9.17, 15) is 4.79 Å². The summed E-state index contributed by atoms with van der Waals surface area (Å²) in [6.45, 7) is 12.7. The Labute approximate surface area is 73.9 Å². The fourth-order valence-corrected chi connectivity index (χ4v) is 0.753. The molecule has 0 atom stereocenters. The highest BCUT2D eigenvalue weighted by Crippen LogP contribution is 1.98. The van der Waals surface area contributed by atoms with Gasteiger partial charge in [0.15, 0.2) is 0 Å². The molecule has 1 amide bonds. The van der Waals surface area contributed by atoms with Crippen LogP contribution in [0.15, 0.2) is 38.0 Å². The minimum absolute atomic E-state index is 0.00444. The molecule has 12 heavy (non-hydrogen) atoms. The van der Waals surface area contributed by atoms with E-state index < -0.39 is 0 Å². The zero-order valence-electron chi connectivity index (χ0n) is 7.20. The van der Waals surface area contributed by atoms with E-state index >= 15 is 0 Å². The third-order valence-corrected chi connectivity index (χ3v) is 1.25. The van der Waals surface area contributed by atoms with Gasteiger partial charge in [-0.2, -0.15) is 0 Å². The smallest absolute Gasteiger partial charge is 0.227 e. The first-order chi connectivity index (χ1) is 5.76.